The van der Waals surface area contributed by atoms with Crippen molar-refractivity contribution in [2.24, 2.45) is 0 Å². The van der Waals surface area contributed by atoms with Gasteiger partial charge in [0.15, 0.2) is 0 Å². The molecule has 0 aliphatic rings. The van der Waals surface area contributed by atoms with E-state index in [1.54, 1.807) is 5.38 Å². The Morgan fingerprint density at radius 3 is 2.34 bits per heavy atom. The first-order chi connectivity index (χ1) is 15.0. The van der Waals surface area contributed by atoms with Crippen LogP contribution >= 0.6 is 11.3 Å². The Kier molecular flexibility index (Phi) is 6.93. The van der Waals surface area contributed by atoms with E-state index in [1.165, 1.54) is 29.5 Å². The normalized spacial score (nSPS) is 11.5. The molecule has 0 radical (unpaired) electrons. The lowest BCUT2D eigenvalue weighted by atomic mass is 10.1. The van der Waals surface area contributed by atoms with E-state index in [1.807, 2.05) is 13.8 Å². The summed E-state index contributed by atoms with van der Waals surface area (Å²) in [6.45, 7) is 3.91. The number of benzene rings is 2. The monoisotopic (exact) mass is 465 g/mol. The number of halogens is 4. The van der Waals surface area contributed by atoms with Crippen LogP contribution in [-0.4, -0.2) is 16.8 Å². The van der Waals surface area contributed by atoms with Gasteiger partial charge in [-0.05, 0) is 42.5 Å². The van der Waals surface area contributed by atoms with E-state index in [-0.39, 0.29) is 23.6 Å². The smallest absolute Gasteiger partial charge is 0.325 e. The van der Waals surface area contributed by atoms with Crippen molar-refractivity contribution >= 4 is 34.5 Å². The van der Waals surface area contributed by atoms with E-state index in [2.05, 4.69) is 15.6 Å². The third kappa shape index (κ3) is 5.91. The number of carbonyl (C=O) groups is 2. The van der Waals surface area contributed by atoms with Crippen molar-refractivity contribution < 1.29 is 27.2 Å². The Bertz CT molecular complexity index is 1120. The van der Waals surface area contributed by atoms with Crippen LogP contribution in [0.1, 0.15) is 46.4 Å². The van der Waals surface area contributed by atoms with Gasteiger partial charge >= 0.3 is 6.18 Å². The number of nitrogens with one attached hydrogen (secondary N) is 2. The number of amides is 2. The van der Waals surface area contributed by atoms with Gasteiger partial charge in [-0.3, -0.25) is 9.59 Å². The van der Waals surface area contributed by atoms with E-state index < -0.39 is 35.1 Å². The predicted molar refractivity (Wildman–Crippen MR) is 114 cm³/mol. The van der Waals surface area contributed by atoms with Crippen molar-refractivity contribution in [2.45, 2.75) is 32.4 Å². The Morgan fingerprint density at radius 1 is 1.06 bits per heavy atom. The van der Waals surface area contributed by atoms with Crippen LogP contribution in [0, 0.1) is 5.82 Å². The first-order valence-corrected chi connectivity index (χ1v) is 10.4. The lowest BCUT2D eigenvalue weighted by molar-refractivity contribution is -0.136. The second-order valence-corrected chi connectivity index (χ2v) is 8.17. The fourth-order valence-corrected chi connectivity index (χ4v) is 3.63. The van der Waals surface area contributed by atoms with E-state index in [4.69, 9.17) is 0 Å². The minimum atomic E-state index is -4.77. The van der Waals surface area contributed by atoms with Crippen molar-refractivity contribution in [3.05, 3.63) is 75.5 Å². The minimum Gasteiger partial charge on any atom is -0.325 e. The van der Waals surface area contributed by atoms with Gasteiger partial charge in [-0.1, -0.05) is 13.8 Å². The first kappa shape index (κ1) is 23.4. The van der Waals surface area contributed by atoms with Crippen LogP contribution in [-0.2, 0) is 17.4 Å². The second-order valence-electron chi connectivity index (χ2n) is 7.28. The molecule has 168 valence electrons. The molecular formula is C22H19F4N3O2S. The molecule has 0 bridgehead atoms. The summed E-state index contributed by atoms with van der Waals surface area (Å²) in [4.78, 5) is 28.8. The maximum absolute atomic E-state index is 13.6. The molecule has 5 nitrogen and oxygen atoms in total. The first-order valence-electron chi connectivity index (χ1n) is 9.55. The highest BCUT2D eigenvalue weighted by atomic mass is 32.1. The molecule has 3 aromatic rings. The van der Waals surface area contributed by atoms with Gasteiger partial charge in [-0.2, -0.15) is 13.2 Å². The lowest BCUT2D eigenvalue weighted by Gasteiger charge is -2.16. The third-order valence-electron chi connectivity index (χ3n) is 4.37. The summed E-state index contributed by atoms with van der Waals surface area (Å²) < 4.78 is 53.7. The summed E-state index contributed by atoms with van der Waals surface area (Å²) in [6.07, 6.45) is -4.94. The largest absolute Gasteiger partial charge is 0.418 e. The maximum Gasteiger partial charge on any atom is 0.418 e. The number of anilines is 2. The quantitative estimate of drug-likeness (QED) is 0.448. The molecule has 0 aliphatic heterocycles. The topological polar surface area (TPSA) is 71.1 Å². The maximum atomic E-state index is 13.6. The molecule has 10 heteroatoms. The van der Waals surface area contributed by atoms with Gasteiger partial charge in [0, 0.05) is 22.5 Å². The highest BCUT2D eigenvalue weighted by Gasteiger charge is 2.34. The van der Waals surface area contributed by atoms with Gasteiger partial charge < -0.3 is 10.6 Å². The molecule has 0 spiro atoms. The van der Waals surface area contributed by atoms with Crippen LogP contribution < -0.4 is 10.6 Å². The van der Waals surface area contributed by atoms with Gasteiger partial charge in [-0.15, -0.1) is 11.3 Å². The van der Waals surface area contributed by atoms with E-state index >= 15 is 0 Å². The van der Waals surface area contributed by atoms with Crippen LogP contribution in [0.25, 0.3) is 0 Å². The van der Waals surface area contributed by atoms with Crippen LogP contribution in [0.4, 0.5) is 28.9 Å². The highest BCUT2D eigenvalue weighted by molar-refractivity contribution is 7.09. The summed E-state index contributed by atoms with van der Waals surface area (Å²) in [5, 5.41) is 7.15. The predicted octanol–water partition coefficient (Wildman–Crippen LogP) is 5.86. The molecule has 1 aromatic heterocycles. The standard InChI is InChI=1S/C22H19F4N3O2S/c1-12(2)21-28-16(11-32-21)10-19(30)29-18-8-7-15(9-17(18)22(24,25)26)27-20(31)13-3-5-14(23)6-4-13/h3-9,11-12H,10H2,1-2H3,(H,27,31)(H,29,30). The lowest BCUT2D eigenvalue weighted by Crippen LogP contribution is -2.19. The fraction of sp³-hybridized carbons (Fsp3) is 0.227. The Morgan fingerprint density at radius 2 is 1.75 bits per heavy atom. The zero-order valence-electron chi connectivity index (χ0n) is 17.1. The highest BCUT2D eigenvalue weighted by Crippen LogP contribution is 2.37. The molecule has 2 amide bonds. The van der Waals surface area contributed by atoms with Crippen LogP contribution in [0.15, 0.2) is 47.8 Å². The van der Waals surface area contributed by atoms with Crippen LogP contribution in [0.2, 0.25) is 0 Å². The molecule has 0 aliphatic carbocycles. The molecule has 0 fully saturated rings. The van der Waals surface area contributed by atoms with Gasteiger partial charge in [0.2, 0.25) is 5.91 Å². The summed E-state index contributed by atoms with van der Waals surface area (Å²) in [7, 11) is 0. The number of carbonyl (C=O) groups excluding carboxylic acids is 2. The van der Waals surface area contributed by atoms with Crippen LogP contribution in [0.5, 0.6) is 0 Å². The number of hydrogen-bond acceptors (Lipinski definition) is 4. The van der Waals surface area contributed by atoms with Crippen molar-refractivity contribution in [3.63, 3.8) is 0 Å². The molecule has 32 heavy (non-hydrogen) atoms. The third-order valence-corrected chi connectivity index (χ3v) is 5.56. The number of nitrogens with zero attached hydrogens (tertiary/aromatic N) is 1. The second kappa shape index (κ2) is 9.47. The number of aromatic nitrogens is 1. The van der Waals surface area contributed by atoms with E-state index in [9.17, 15) is 27.2 Å². The zero-order valence-corrected chi connectivity index (χ0v) is 17.9. The summed E-state index contributed by atoms with van der Waals surface area (Å²) in [6, 6.07) is 7.62. The minimum absolute atomic E-state index is 0.0846. The number of rotatable bonds is 6. The van der Waals surface area contributed by atoms with Crippen molar-refractivity contribution in [1.29, 1.82) is 0 Å². The molecule has 0 unspecified atom stereocenters. The molecular weight excluding hydrogens is 446 g/mol. The molecule has 1 heterocycles. The zero-order chi connectivity index (χ0) is 23.5. The van der Waals surface area contributed by atoms with Gasteiger partial charge in [0.25, 0.3) is 5.91 Å². The summed E-state index contributed by atoms with van der Waals surface area (Å²) in [5.41, 5.74) is -1.09. The van der Waals surface area contributed by atoms with Crippen molar-refractivity contribution in [2.75, 3.05) is 10.6 Å². The molecule has 0 atom stereocenters. The van der Waals surface area contributed by atoms with E-state index in [0.29, 0.717) is 5.69 Å². The number of thiazole rings is 1. The molecule has 2 N–H and O–H groups in total. The van der Waals surface area contributed by atoms with Gasteiger partial charge in [0.05, 0.1) is 28.4 Å². The number of hydrogen-bond donors (Lipinski definition) is 2. The molecule has 3 rings (SSSR count). The Balaban J connectivity index is 1.76. The van der Waals surface area contributed by atoms with Gasteiger partial charge in [0.1, 0.15) is 5.82 Å². The summed E-state index contributed by atoms with van der Waals surface area (Å²) in [5.74, 6) is -1.69. The van der Waals surface area contributed by atoms with Gasteiger partial charge in [-0.25, -0.2) is 9.37 Å². The average Bonchev–Trinajstić information content (AvgIpc) is 3.17. The molecule has 0 saturated carbocycles. The summed E-state index contributed by atoms with van der Waals surface area (Å²) >= 11 is 1.39. The van der Waals surface area contributed by atoms with Crippen LogP contribution in [0.3, 0.4) is 0 Å². The van der Waals surface area contributed by atoms with Crippen molar-refractivity contribution in [1.82, 2.24) is 4.98 Å². The SMILES string of the molecule is CC(C)c1nc(CC(=O)Nc2ccc(NC(=O)c3ccc(F)cc3)cc2C(F)(F)F)cs1. The van der Waals surface area contributed by atoms with Crippen molar-refractivity contribution in [3.8, 4) is 0 Å². The molecule has 2 aromatic carbocycles. The fourth-order valence-electron chi connectivity index (χ4n) is 2.80. The molecule has 0 saturated heterocycles. The Hall–Kier alpha value is -3.27. The number of alkyl halides is 3. The van der Waals surface area contributed by atoms with E-state index in [0.717, 1.165) is 29.3 Å². The average molecular weight is 465 g/mol. The Labute approximate surface area is 185 Å².